The lowest BCUT2D eigenvalue weighted by molar-refractivity contribution is -0.120. The Morgan fingerprint density at radius 2 is 1.03 bits per heavy atom. The summed E-state index contributed by atoms with van der Waals surface area (Å²) >= 11 is 11.2. The molecular formula is C49H41Cl2F5N10O8. The van der Waals surface area contributed by atoms with Crippen molar-refractivity contribution in [2.45, 2.75) is 31.3 Å². The van der Waals surface area contributed by atoms with Crippen molar-refractivity contribution < 1.29 is 59.7 Å². The van der Waals surface area contributed by atoms with Gasteiger partial charge in [0.25, 0.3) is 0 Å². The molecule has 0 aliphatic carbocycles. The minimum absolute atomic E-state index is 0. The molecule has 4 aromatic carbocycles. The van der Waals surface area contributed by atoms with E-state index in [2.05, 4.69) is 51.6 Å². The second-order valence-corrected chi connectivity index (χ2v) is 16.4. The Labute approximate surface area is 427 Å². The number of ether oxygens (including phenoxy) is 3. The highest BCUT2D eigenvalue weighted by Gasteiger charge is 2.41. The van der Waals surface area contributed by atoms with Crippen LogP contribution < -0.4 is 35.5 Å². The van der Waals surface area contributed by atoms with E-state index >= 15 is 0 Å². The monoisotopic (exact) mass is 1060 g/mol. The first-order valence-corrected chi connectivity index (χ1v) is 22.2. The van der Waals surface area contributed by atoms with E-state index in [-0.39, 0.29) is 72.7 Å². The molecule has 0 unspecified atom stereocenters. The van der Waals surface area contributed by atoms with Gasteiger partial charge in [0, 0.05) is 89.9 Å². The number of aromatic nitrogens is 6. The van der Waals surface area contributed by atoms with Crippen molar-refractivity contribution in [3.8, 4) is 51.8 Å². The van der Waals surface area contributed by atoms with Gasteiger partial charge < -0.3 is 49.4 Å². The second-order valence-electron chi connectivity index (χ2n) is 15.6. The van der Waals surface area contributed by atoms with Gasteiger partial charge in [-0.15, -0.1) is 10.2 Å². The topological polar surface area (TPSA) is 234 Å². The van der Waals surface area contributed by atoms with Crippen LogP contribution in [-0.4, -0.2) is 86.7 Å². The number of hydrogen-bond acceptors (Lipinski definition) is 16. The number of aromatic hydroxyl groups is 1. The number of carbonyl (C=O) groups excluding carboxylic acids is 2. The fourth-order valence-electron chi connectivity index (χ4n) is 7.41. The maximum Gasteiger partial charge on any atom is 0.316 e. The van der Waals surface area contributed by atoms with E-state index in [1.807, 2.05) is 0 Å². The van der Waals surface area contributed by atoms with Gasteiger partial charge in [0.1, 0.15) is 58.4 Å². The number of nitrogens with zero attached hydrogens (tertiary/aromatic N) is 6. The van der Waals surface area contributed by atoms with Gasteiger partial charge in [0.2, 0.25) is 35.4 Å². The molecule has 4 aromatic heterocycles. The number of pyridine rings is 2. The number of halogens is 7. The third-order valence-electron chi connectivity index (χ3n) is 10.9. The smallest absolute Gasteiger partial charge is 0.316 e. The normalized spacial score (nSPS) is 16.6. The number of hydrogen-bond donors (Lipinski definition) is 5. The Kier molecular flexibility index (Phi) is 17.1. The average molecular weight is 1060 g/mol. The summed E-state index contributed by atoms with van der Waals surface area (Å²) in [7, 11) is 2.61. The summed E-state index contributed by atoms with van der Waals surface area (Å²) in [5.74, 6) is -4.95. The molecule has 5 N–H and O–H groups in total. The SMILES string of the molecule is C.COc1cc(F)c([C@@H]2CNC(=O)[C@H]2Nc2nnc(-c3ccc(O)cc3)o2)c(F)c1.COc1cc(F)c([C@@H]2CNC(=O)[C@H]2Nc2nnc(-c3ccc(Oc4ccc(Cl)cn4)cc3)o2)c(F)c1.Fc1ccc(Cl)cn1. The highest BCUT2D eigenvalue weighted by molar-refractivity contribution is 6.30. The molecule has 2 saturated heterocycles. The van der Waals surface area contributed by atoms with Crippen LogP contribution in [0.15, 0.2) is 118 Å². The summed E-state index contributed by atoms with van der Waals surface area (Å²) in [5.41, 5.74) is 0.673. The number of benzene rings is 4. The van der Waals surface area contributed by atoms with Gasteiger partial charge in [-0.25, -0.2) is 27.5 Å². The molecule has 2 aliphatic heterocycles. The van der Waals surface area contributed by atoms with Crippen LogP contribution in [-0.2, 0) is 9.59 Å². The molecule has 384 valence electrons. The van der Waals surface area contributed by atoms with E-state index in [0.29, 0.717) is 32.8 Å². The molecule has 0 spiro atoms. The predicted molar refractivity (Wildman–Crippen MR) is 259 cm³/mol. The summed E-state index contributed by atoms with van der Waals surface area (Å²) < 4.78 is 96.7. The molecule has 18 nitrogen and oxygen atoms in total. The first-order chi connectivity index (χ1) is 35.2. The largest absolute Gasteiger partial charge is 0.508 e. The lowest BCUT2D eigenvalue weighted by Gasteiger charge is -2.19. The summed E-state index contributed by atoms with van der Waals surface area (Å²) in [6.07, 6.45) is 2.74. The number of nitrogens with one attached hydrogen (secondary N) is 4. The molecule has 2 aliphatic rings. The van der Waals surface area contributed by atoms with Gasteiger partial charge in [-0.3, -0.25) is 9.59 Å². The van der Waals surface area contributed by atoms with Crippen molar-refractivity contribution in [2.24, 2.45) is 0 Å². The Bertz CT molecular complexity index is 3150. The van der Waals surface area contributed by atoms with Crippen molar-refractivity contribution in [3.63, 3.8) is 0 Å². The van der Waals surface area contributed by atoms with E-state index in [4.69, 9.17) is 46.2 Å². The number of phenols is 1. The summed E-state index contributed by atoms with van der Waals surface area (Å²) in [4.78, 5) is 32.0. The summed E-state index contributed by atoms with van der Waals surface area (Å²) in [5, 5.41) is 36.7. The van der Waals surface area contributed by atoms with Crippen LogP contribution in [0.5, 0.6) is 28.9 Å². The van der Waals surface area contributed by atoms with Gasteiger partial charge in [-0.05, 0) is 66.7 Å². The van der Waals surface area contributed by atoms with Gasteiger partial charge in [0.15, 0.2) is 0 Å². The van der Waals surface area contributed by atoms with Gasteiger partial charge in [-0.1, -0.05) is 40.8 Å². The Balaban J connectivity index is 0.000000188. The molecule has 10 rings (SSSR count). The maximum absolute atomic E-state index is 14.6. The molecule has 0 saturated carbocycles. The molecule has 4 atom stereocenters. The standard InChI is InChI=1S/C24H18ClF2N5O4.C19H16F2N4O4.C5H3ClFN.CH4/c1-34-15-8-17(26)20(18(27)9-15)16-11-29-22(33)21(16)30-24-32-31-23(36-24)12-2-5-14(6-3-12)35-19-7-4-13(25)10-28-19;1-28-11-6-13(20)15(14(21)7-11)12-8-22-17(27)16(12)23-19-25-24-18(29-19)9-2-4-10(26)5-3-9;6-4-1-2-5(7)8-3-4;/h2-10,16,21H,11H2,1H3,(H,29,33)(H,30,32);2-7,12,16,26H,8H2,1H3,(H,22,27)(H,23,25);1-3H;1H4/t16-,21-;12-,16-;;/m00../s1. The zero-order chi connectivity index (χ0) is 51.8. The lowest BCUT2D eigenvalue weighted by atomic mass is 9.93. The highest BCUT2D eigenvalue weighted by atomic mass is 35.5. The quantitative estimate of drug-likeness (QED) is 0.0566. The number of carbonyl (C=O) groups is 2. The van der Waals surface area contributed by atoms with Crippen molar-refractivity contribution in [2.75, 3.05) is 37.9 Å². The summed E-state index contributed by atoms with van der Waals surface area (Å²) in [6.45, 7) is 0.0667. The van der Waals surface area contributed by atoms with E-state index < -0.39 is 65.0 Å². The van der Waals surface area contributed by atoms with Crippen LogP contribution in [0.4, 0.5) is 34.0 Å². The Morgan fingerprint density at radius 1 is 0.595 bits per heavy atom. The fraction of sp³-hybridized carbons (Fsp3) is 0.184. The molecule has 0 bridgehead atoms. The number of anilines is 2. The minimum atomic E-state index is -1.03. The van der Waals surface area contributed by atoms with Crippen LogP contribution in [0.25, 0.3) is 22.9 Å². The zero-order valence-corrected chi connectivity index (χ0v) is 39.3. The second kappa shape index (κ2) is 23.8. The number of phenolic OH excluding ortho intramolecular Hbond substituents is 1. The van der Waals surface area contributed by atoms with Gasteiger partial charge >= 0.3 is 12.0 Å². The summed E-state index contributed by atoms with van der Waals surface area (Å²) in [6, 6.07) is 20.9. The molecular weight excluding hydrogens is 1020 g/mol. The van der Waals surface area contributed by atoms with Crippen LogP contribution in [0.1, 0.15) is 30.4 Å². The Morgan fingerprint density at radius 3 is 1.42 bits per heavy atom. The van der Waals surface area contributed by atoms with Crippen LogP contribution in [0.2, 0.25) is 10.0 Å². The molecule has 25 heteroatoms. The molecule has 6 heterocycles. The van der Waals surface area contributed by atoms with Gasteiger partial charge in [0.05, 0.1) is 24.3 Å². The first-order valence-electron chi connectivity index (χ1n) is 21.4. The predicted octanol–water partition coefficient (Wildman–Crippen LogP) is 9.49. The van der Waals surface area contributed by atoms with Crippen molar-refractivity contribution in [1.29, 1.82) is 0 Å². The Hall–Kier alpha value is -8.57. The average Bonchev–Trinajstić information content (AvgIpc) is 4.20. The maximum atomic E-state index is 14.6. The molecule has 8 aromatic rings. The highest BCUT2D eigenvalue weighted by Crippen LogP contribution is 2.35. The molecule has 2 amide bonds. The van der Waals surface area contributed by atoms with Crippen LogP contribution in [0.3, 0.4) is 0 Å². The lowest BCUT2D eigenvalue weighted by Crippen LogP contribution is -2.33. The molecule has 0 radical (unpaired) electrons. The molecule has 2 fully saturated rings. The third kappa shape index (κ3) is 12.7. The minimum Gasteiger partial charge on any atom is -0.508 e. The number of methoxy groups -OCH3 is 2. The van der Waals surface area contributed by atoms with Crippen LogP contribution in [0, 0.1) is 29.2 Å². The van der Waals surface area contributed by atoms with E-state index in [1.165, 1.54) is 50.9 Å². The van der Waals surface area contributed by atoms with Crippen LogP contribution >= 0.6 is 23.2 Å². The van der Waals surface area contributed by atoms with E-state index in [0.717, 1.165) is 24.3 Å². The van der Waals surface area contributed by atoms with Gasteiger partial charge in [-0.2, -0.15) is 4.39 Å². The molecule has 74 heavy (non-hydrogen) atoms. The van der Waals surface area contributed by atoms with E-state index in [1.54, 1.807) is 48.5 Å². The van der Waals surface area contributed by atoms with Crippen molar-refractivity contribution >= 4 is 47.0 Å². The zero-order valence-electron chi connectivity index (χ0n) is 37.7. The van der Waals surface area contributed by atoms with Crippen molar-refractivity contribution in [1.82, 2.24) is 41.0 Å². The van der Waals surface area contributed by atoms with Crippen molar-refractivity contribution in [3.05, 3.63) is 160 Å². The first kappa shape index (κ1) is 53.2. The fourth-order valence-corrected chi connectivity index (χ4v) is 7.63. The number of amides is 2. The number of rotatable bonds is 12. The third-order valence-corrected chi connectivity index (χ3v) is 11.4. The van der Waals surface area contributed by atoms with E-state index in [9.17, 15) is 36.6 Å².